The van der Waals surface area contributed by atoms with Crippen LogP contribution in [0.1, 0.15) is 43.2 Å². The van der Waals surface area contributed by atoms with Crippen LogP contribution in [0.3, 0.4) is 0 Å². The second kappa shape index (κ2) is 4.52. The average molecular weight is 234 g/mol. The fraction of sp³-hybridized carbons (Fsp3) is 0.462. The largest absolute Gasteiger partial charge is 0.330 e. The molecule has 0 radical (unpaired) electrons. The van der Waals surface area contributed by atoms with Gasteiger partial charge >= 0.3 is 0 Å². The summed E-state index contributed by atoms with van der Waals surface area (Å²) in [6.45, 7) is 7.20. The topological polar surface area (TPSA) is 38.9 Å². The molecule has 0 fully saturated rings. The molecule has 0 saturated carbocycles. The molecular formula is C13H18N2S. The summed E-state index contributed by atoms with van der Waals surface area (Å²) in [6, 6.07) is 6.51. The van der Waals surface area contributed by atoms with Crippen LogP contribution in [0.2, 0.25) is 0 Å². The van der Waals surface area contributed by atoms with Crippen molar-refractivity contribution < 1.29 is 0 Å². The van der Waals surface area contributed by atoms with Crippen LogP contribution < -0.4 is 5.73 Å². The fourth-order valence-corrected chi connectivity index (χ4v) is 2.60. The van der Waals surface area contributed by atoms with E-state index in [9.17, 15) is 0 Å². The summed E-state index contributed by atoms with van der Waals surface area (Å²) in [5.41, 5.74) is 8.09. The van der Waals surface area contributed by atoms with E-state index in [1.165, 1.54) is 15.3 Å². The van der Waals surface area contributed by atoms with Gasteiger partial charge in [0.05, 0.1) is 15.2 Å². The van der Waals surface area contributed by atoms with Gasteiger partial charge in [-0.1, -0.05) is 26.8 Å². The van der Waals surface area contributed by atoms with E-state index in [0.717, 1.165) is 5.52 Å². The van der Waals surface area contributed by atoms with Crippen molar-refractivity contribution >= 4 is 21.6 Å². The normalized spacial score (nSPS) is 13.6. The van der Waals surface area contributed by atoms with Crippen molar-refractivity contribution in [2.75, 3.05) is 6.54 Å². The highest BCUT2D eigenvalue weighted by Gasteiger charge is 2.09. The second-order valence-electron chi connectivity index (χ2n) is 4.57. The van der Waals surface area contributed by atoms with Crippen LogP contribution >= 0.6 is 11.3 Å². The van der Waals surface area contributed by atoms with Gasteiger partial charge in [0.2, 0.25) is 0 Å². The maximum atomic E-state index is 5.68. The third-order valence-corrected chi connectivity index (χ3v) is 4.18. The lowest BCUT2D eigenvalue weighted by molar-refractivity contribution is 0.775. The first kappa shape index (κ1) is 11.6. The predicted octanol–water partition coefficient (Wildman–Crippen LogP) is 3.48. The van der Waals surface area contributed by atoms with Crippen molar-refractivity contribution in [1.82, 2.24) is 4.98 Å². The number of benzene rings is 1. The number of aromatic nitrogens is 1. The van der Waals surface area contributed by atoms with Gasteiger partial charge in [0.1, 0.15) is 0 Å². The smallest absolute Gasteiger partial charge is 0.0963 e. The highest BCUT2D eigenvalue weighted by atomic mass is 32.1. The van der Waals surface area contributed by atoms with Gasteiger partial charge in [0, 0.05) is 5.92 Å². The number of fused-ring (bicyclic) bond motifs is 1. The lowest BCUT2D eigenvalue weighted by Gasteiger charge is -2.07. The van der Waals surface area contributed by atoms with E-state index in [4.69, 9.17) is 5.73 Å². The van der Waals surface area contributed by atoms with Crippen LogP contribution in [0.4, 0.5) is 0 Å². The van der Waals surface area contributed by atoms with Gasteiger partial charge in [-0.05, 0) is 30.2 Å². The Labute approximate surface area is 101 Å². The number of nitrogens with two attached hydrogens (primary N) is 1. The Kier molecular flexibility index (Phi) is 3.26. The van der Waals surface area contributed by atoms with Gasteiger partial charge in [-0.2, -0.15) is 0 Å². The summed E-state index contributed by atoms with van der Waals surface area (Å²) in [7, 11) is 0. The molecule has 1 aromatic heterocycles. The van der Waals surface area contributed by atoms with Crippen molar-refractivity contribution in [2.45, 2.75) is 32.6 Å². The zero-order valence-electron chi connectivity index (χ0n) is 10.0. The quantitative estimate of drug-likeness (QED) is 0.883. The molecule has 1 aromatic carbocycles. The molecule has 2 nitrogen and oxygen atoms in total. The first-order valence-electron chi connectivity index (χ1n) is 5.72. The highest BCUT2D eigenvalue weighted by Crippen LogP contribution is 2.29. The van der Waals surface area contributed by atoms with Crippen LogP contribution in [0.5, 0.6) is 0 Å². The first-order valence-corrected chi connectivity index (χ1v) is 6.54. The molecule has 1 unspecified atom stereocenters. The van der Waals surface area contributed by atoms with Gasteiger partial charge in [-0.15, -0.1) is 11.3 Å². The minimum absolute atomic E-state index is 0.411. The SMILES string of the molecule is CC(C)c1nc2cc(C(C)CN)ccc2s1. The first-order chi connectivity index (χ1) is 7.61. The predicted molar refractivity (Wildman–Crippen MR) is 71.2 cm³/mol. The number of hydrogen-bond donors (Lipinski definition) is 1. The molecule has 86 valence electrons. The summed E-state index contributed by atoms with van der Waals surface area (Å²) in [6.07, 6.45) is 0. The van der Waals surface area contributed by atoms with Gasteiger partial charge < -0.3 is 5.73 Å². The minimum Gasteiger partial charge on any atom is -0.330 e. The third kappa shape index (κ3) is 2.11. The summed E-state index contributed by atoms with van der Waals surface area (Å²) >= 11 is 1.79. The molecule has 0 aliphatic rings. The Hall–Kier alpha value is -0.930. The zero-order chi connectivity index (χ0) is 11.7. The van der Waals surface area contributed by atoms with Gasteiger partial charge in [-0.25, -0.2) is 4.98 Å². The standard InChI is InChI=1S/C13H18N2S/c1-8(2)13-15-11-6-10(9(3)7-14)4-5-12(11)16-13/h4-6,8-9H,7,14H2,1-3H3. The Balaban J connectivity index is 2.45. The second-order valence-corrected chi connectivity index (χ2v) is 5.63. The summed E-state index contributed by atoms with van der Waals surface area (Å²) < 4.78 is 1.27. The minimum atomic E-state index is 0.411. The van der Waals surface area contributed by atoms with Gasteiger partial charge in [0.25, 0.3) is 0 Å². The van der Waals surface area contributed by atoms with Gasteiger partial charge in [0.15, 0.2) is 0 Å². The maximum absolute atomic E-state index is 5.68. The fourth-order valence-electron chi connectivity index (χ4n) is 1.65. The van der Waals surface area contributed by atoms with Crippen molar-refractivity contribution in [3.05, 3.63) is 28.8 Å². The number of hydrogen-bond acceptors (Lipinski definition) is 3. The van der Waals surface area contributed by atoms with E-state index in [2.05, 4.69) is 44.0 Å². The summed E-state index contributed by atoms with van der Waals surface area (Å²) in [5.74, 6) is 0.918. The molecule has 0 aliphatic heterocycles. The molecule has 0 spiro atoms. The monoisotopic (exact) mass is 234 g/mol. The van der Waals surface area contributed by atoms with E-state index in [0.29, 0.717) is 18.4 Å². The molecule has 0 saturated heterocycles. The van der Waals surface area contributed by atoms with Crippen LogP contribution in [-0.2, 0) is 0 Å². The maximum Gasteiger partial charge on any atom is 0.0963 e. The van der Waals surface area contributed by atoms with Crippen LogP contribution in [0.15, 0.2) is 18.2 Å². The Bertz CT molecular complexity index is 488. The summed E-state index contributed by atoms with van der Waals surface area (Å²) in [5, 5.41) is 1.22. The molecular weight excluding hydrogens is 216 g/mol. The zero-order valence-corrected chi connectivity index (χ0v) is 10.8. The summed E-state index contributed by atoms with van der Waals surface area (Å²) in [4.78, 5) is 4.67. The number of nitrogens with zero attached hydrogens (tertiary/aromatic N) is 1. The van der Waals surface area contributed by atoms with E-state index in [1.807, 2.05) is 0 Å². The highest BCUT2D eigenvalue weighted by molar-refractivity contribution is 7.18. The molecule has 2 aromatic rings. The number of thiazole rings is 1. The Morgan fingerprint density at radius 2 is 2.06 bits per heavy atom. The average Bonchev–Trinajstić information content (AvgIpc) is 2.70. The lowest BCUT2D eigenvalue weighted by atomic mass is 10.0. The van der Waals surface area contributed by atoms with Crippen molar-refractivity contribution in [2.24, 2.45) is 5.73 Å². The molecule has 0 aliphatic carbocycles. The van der Waals surface area contributed by atoms with Crippen LogP contribution in [0.25, 0.3) is 10.2 Å². The lowest BCUT2D eigenvalue weighted by Crippen LogP contribution is -2.08. The van der Waals surface area contributed by atoms with E-state index in [-0.39, 0.29) is 0 Å². The van der Waals surface area contributed by atoms with Crippen molar-refractivity contribution in [3.63, 3.8) is 0 Å². The van der Waals surface area contributed by atoms with Crippen LogP contribution in [0, 0.1) is 0 Å². The Morgan fingerprint density at radius 3 is 2.69 bits per heavy atom. The van der Waals surface area contributed by atoms with Gasteiger partial charge in [-0.3, -0.25) is 0 Å². The Morgan fingerprint density at radius 1 is 1.31 bits per heavy atom. The number of rotatable bonds is 3. The van der Waals surface area contributed by atoms with E-state index >= 15 is 0 Å². The molecule has 3 heteroatoms. The molecule has 2 N–H and O–H groups in total. The van der Waals surface area contributed by atoms with Crippen LogP contribution in [-0.4, -0.2) is 11.5 Å². The third-order valence-electron chi connectivity index (χ3n) is 2.84. The molecule has 1 heterocycles. The molecule has 1 atom stereocenters. The molecule has 0 amide bonds. The van der Waals surface area contributed by atoms with Crippen molar-refractivity contribution in [1.29, 1.82) is 0 Å². The van der Waals surface area contributed by atoms with E-state index in [1.54, 1.807) is 11.3 Å². The van der Waals surface area contributed by atoms with Crippen molar-refractivity contribution in [3.8, 4) is 0 Å². The molecule has 0 bridgehead atoms. The molecule has 16 heavy (non-hydrogen) atoms. The molecule has 2 rings (SSSR count). The van der Waals surface area contributed by atoms with E-state index < -0.39 is 0 Å².